The van der Waals surface area contributed by atoms with Crippen molar-refractivity contribution in [2.24, 2.45) is 0 Å². The average Bonchev–Trinajstić information content (AvgIpc) is 2.81. The molecule has 0 saturated carbocycles. The van der Waals surface area contributed by atoms with Crippen LogP contribution in [0.5, 0.6) is 0 Å². The number of aryl methyl sites for hydroxylation is 1. The maximum absolute atomic E-state index is 12.7. The Hall–Kier alpha value is -1.11. The van der Waals surface area contributed by atoms with Crippen LogP contribution in [0.25, 0.3) is 0 Å². The summed E-state index contributed by atoms with van der Waals surface area (Å²) in [5.74, 6) is 1.09. The van der Waals surface area contributed by atoms with Crippen LogP contribution in [0.4, 0.5) is 0 Å². The number of hydrogen-bond acceptors (Lipinski definition) is 4. The Balaban J connectivity index is 2.98. The molecule has 0 aromatic carbocycles. The van der Waals surface area contributed by atoms with Gasteiger partial charge in [0.2, 0.25) is 10.0 Å². The van der Waals surface area contributed by atoms with Crippen LogP contribution >= 0.6 is 0 Å². The van der Waals surface area contributed by atoms with Crippen molar-refractivity contribution in [1.82, 2.24) is 9.62 Å². The molecule has 1 aromatic heterocycles. The minimum atomic E-state index is -3.53. The van der Waals surface area contributed by atoms with E-state index >= 15 is 0 Å². The highest BCUT2D eigenvalue weighted by molar-refractivity contribution is 7.89. The Morgan fingerprint density at radius 1 is 1.38 bits per heavy atom. The molecule has 0 spiro atoms. The summed E-state index contributed by atoms with van der Waals surface area (Å²) in [5, 5.41) is 3.20. The van der Waals surface area contributed by atoms with Crippen LogP contribution in [0.2, 0.25) is 0 Å². The Morgan fingerprint density at radius 2 is 2.10 bits per heavy atom. The molecule has 21 heavy (non-hydrogen) atoms. The highest BCUT2D eigenvalue weighted by Crippen LogP contribution is 2.24. The zero-order valence-electron chi connectivity index (χ0n) is 13.2. The van der Waals surface area contributed by atoms with E-state index in [-0.39, 0.29) is 4.90 Å². The van der Waals surface area contributed by atoms with Crippen molar-refractivity contribution in [2.75, 3.05) is 19.6 Å². The lowest BCUT2D eigenvalue weighted by atomic mass is 10.4. The highest BCUT2D eigenvalue weighted by atomic mass is 32.2. The van der Waals surface area contributed by atoms with Crippen molar-refractivity contribution in [1.29, 1.82) is 0 Å². The van der Waals surface area contributed by atoms with Gasteiger partial charge in [-0.05, 0) is 26.3 Å². The predicted molar refractivity (Wildman–Crippen MR) is 84.7 cm³/mol. The molecular formula is C15H26N2O3S. The van der Waals surface area contributed by atoms with Gasteiger partial charge >= 0.3 is 0 Å². The molecule has 0 aliphatic rings. The fourth-order valence-electron chi connectivity index (χ4n) is 2.10. The third-order valence-electron chi connectivity index (χ3n) is 3.07. The minimum Gasteiger partial charge on any atom is -0.464 e. The van der Waals surface area contributed by atoms with E-state index in [2.05, 4.69) is 18.8 Å². The molecule has 1 rings (SSSR count). The summed E-state index contributed by atoms with van der Waals surface area (Å²) in [7, 11) is -3.53. The smallest absolute Gasteiger partial charge is 0.246 e. The van der Waals surface area contributed by atoms with E-state index in [1.807, 2.05) is 6.92 Å². The first kappa shape index (κ1) is 17.9. The highest BCUT2D eigenvalue weighted by Gasteiger charge is 2.27. The second kappa shape index (κ2) is 8.36. The standard InChI is InChI=1S/C15H26N2O3S/c1-5-8-16-12-14-11-15(13(4)20-14)21(18,19)17(9-6-2)10-7-3/h6,11,16H,2,5,7-10,12H2,1,3-4H3. The number of sulfonamides is 1. The van der Waals surface area contributed by atoms with Crippen LogP contribution < -0.4 is 5.32 Å². The molecule has 1 aromatic rings. The monoisotopic (exact) mass is 314 g/mol. The molecule has 1 N–H and O–H groups in total. The van der Waals surface area contributed by atoms with E-state index in [9.17, 15) is 8.42 Å². The zero-order chi connectivity index (χ0) is 15.9. The lowest BCUT2D eigenvalue weighted by Crippen LogP contribution is -2.32. The molecule has 0 bridgehead atoms. The Morgan fingerprint density at radius 3 is 2.67 bits per heavy atom. The predicted octanol–water partition coefficient (Wildman–Crippen LogP) is 2.67. The van der Waals surface area contributed by atoms with Gasteiger partial charge in [0.15, 0.2) is 0 Å². The van der Waals surface area contributed by atoms with Crippen LogP contribution in [0, 0.1) is 6.92 Å². The molecule has 5 nitrogen and oxygen atoms in total. The molecule has 120 valence electrons. The van der Waals surface area contributed by atoms with Gasteiger partial charge in [0.25, 0.3) is 0 Å². The van der Waals surface area contributed by atoms with Gasteiger partial charge in [0, 0.05) is 19.2 Å². The van der Waals surface area contributed by atoms with E-state index in [0.717, 1.165) is 19.4 Å². The molecule has 0 unspecified atom stereocenters. The van der Waals surface area contributed by atoms with Gasteiger partial charge in [-0.1, -0.05) is 19.9 Å². The summed E-state index contributed by atoms with van der Waals surface area (Å²) >= 11 is 0. The van der Waals surface area contributed by atoms with Crippen molar-refractivity contribution in [3.8, 4) is 0 Å². The summed E-state index contributed by atoms with van der Waals surface area (Å²) < 4.78 is 32.3. The second-order valence-corrected chi connectivity index (χ2v) is 6.87. The first-order valence-corrected chi connectivity index (χ1v) is 8.82. The number of nitrogens with zero attached hydrogens (tertiary/aromatic N) is 1. The molecule has 6 heteroatoms. The van der Waals surface area contributed by atoms with Gasteiger partial charge in [0.05, 0.1) is 6.54 Å². The van der Waals surface area contributed by atoms with E-state index in [4.69, 9.17) is 4.42 Å². The van der Waals surface area contributed by atoms with E-state index in [0.29, 0.717) is 31.2 Å². The molecule has 0 aliphatic carbocycles. The van der Waals surface area contributed by atoms with Crippen molar-refractivity contribution in [3.63, 3.8) is 0 Å². The molecule has 0 radical (unpaired) electrons. The van der Waals surface area contributed by atoms with Gasteiger partial charge in [0.1, 0.15) is 16.4 Å². The third kappa shape index (κ3) is 4.69. The largest absolute Gasteiger partial charge is 0.464 e. The molecule has 0 fully saturated rings. The lowest BCUT2D eigenvalue weighted by molar-refractivity contribution is 0.434. The van der Waals surface area contributed by atoms with Crippen molar-refractivity contribution >= 4 is 10.0 Å². The Labute approximate surface area is 128 Å². The normalized spacial score (nSPS) is 12.0. The van der Waals surface area contributed by atoms with E-state index in [1.165, 1.54) is 4.31 Å². The number of nitrogens with one attached hydrogen (secondary N) is 1. The molecule has 0 saturated heterocycles. The van der Waals surface area contributed by atoms with Crippen molar-refractivity contribution in [2.45, 2.75) is 45.1 Å². The van der Waals surface area contributed by atoms with Crippen LogP contribution in [0.1, 0.15) is 38.2 Å². The number of rotatable bonds is 10. The first-order valence-electron chi connectivity index (χ1n) is 7.38. The van der Waals surface area contributed by atoms with Gasteiger partial charge in [-0.2, -0.15) is 4.31 Å². The maximum atomic E-state index is 12.7. The second-order valence-electron chi connectivity index (χ2n) is 4.96. The Kier molecular flexibility index (Phi) is 7.14. The van der Waals surface area contributed by atoms with E-state index < -0.39 is 10.0 Å². The summed E-state index contributed by atoms with van der Waals surface area (Å²) in [5.41, 5.74) is 0. The van der Waals surface area contributed by atoms with Crippen LogP contribution in [0.3, 0.4) is 0 Å². The van der Waals surface area contributed by atoms with Crippen LogP contribution in [-0.2, 0) is 16.6 Å². The minimum absolute atomic E-state index is 0.256. The van der Waals surface area contributed by atoms with Gasteiger partial charge in [-0.3, -0.25) is 0 Å². The SMILES string of the molecule is C=CCN(CCC)S(=O)(=O)c1cc(CNCCC)oc1C. The molecule has 1 heterocycles. The summed E-state index contributed by atoms with van der Waals surface area (Å²) in [6.45, 7) is 11.5. The lowest BCUT2D eigenvalue weighted by Gasteiger charge is -2.19. The maximum Gasteiger partial charge on any atom is 0.246 e. The summed E-state index contributed by atoms with van der Waals surface area (Å²) in [6, 6.07) is 1.62. The van der Waals surface area contributed by atoms with Crippen molar-refractivity contribution < 1.29 is 12.8 Å². The molecule has 0 atom stereocenters. The molecular weight excluding hydrogens is 288 g/mol. The molecule has 0 aliphatic heterocycles. The summed E-state index contributed by atoms with van der Waals surface area (Å²) in [4.78, 5) is 0.256. The fraction of sp³-hybridized carbons (Fsp3) is 0.600. The van der Waals surface area contributed by atoms with Crippen molar-refractivity contribution in [3.05, 3.63) is 30.2 Å². The quantitative estimate of drug-likeness (QED) is 0.533. The van der Waals surface area contributed by atoms with Gasteiger partial charge < -0.3 is 9.73 Å². The van der Waals surface area contributed by atoms with Gasteiger partial charge in [-0.25, -0.2) is 8.42 Å². The zero-order valence-corrected chi connectivity index (χ0v) is 14.0. The summed E-state index contributed by atoms with van der Waals surface area (Å²) in [6.07, 6.45) is 3.38. The van der Waals surface area contributed by atoms with Crippen LogP contribution in [0.15, 0.2) is 28.0 Å². The van der Waals surface area contributed by atoms with Gasteiger partial charge in [-0.15, -0.1) is 6.58 Å². The van der Waals surface area contributed by atoms with E-state index in [1.54, 1.807) is 19.1 Å². The molecule has 0 amide bonds. The Bertz CT molecular complexity index is 549. The number of furan rings is 1. The first-order chi connectivity index (χ1) is 9.97. The topological polar surface area (TPSA) is 62.6 Å². The fourth-order valence-corrected chi connectivity index (χ4v) is 3.79. The van der Waals surface area contributed by atoms with Crippen LogP contribution in [-0.4, -0.2) is 32.4 Å². The average molecular weight is 314 g/mol. The number of hydrogen-bond donors (Lipinski definition) is 1. The third-order valence-corrected chi connectivity index (χ3v) is 5.05.